The van der Waals surface area contributed by atoms with Gasteiger partial charge in [-0.05, 0) is 61.2 Å². The number of carbonyl (C=O) groups is 1. The fourth-order valence-corrected chi connectivity index (χ4v) is 3.78. The molecule has 0 spiro atoms. The Hall–Kier alpha value is -2.88. The zero-order valence-corrected chi connectivity index (χ0v) is 16.0. The van der Waals surface area contributed by atoms with E-state index in [-0.39, 0.29) is 11.9 Å². The highest BCUT2D eigenvalue weighted by atomic mass is 16.5. The lowest BCUT2D eigenvalue weighted by Gasteiger charge is -2.41. The second-order valence-electron chi connectivity index (χ2n) is 7.10. The molecule has 0 aliphatic carbocycles. The first-order chi connectivity index (χ1) is 13.1. The Morgan fingerprint density at radius 1 is 1.22 bits per heavy atom. The number of carbonyl (C=O) groups excluding carboxylic acids is 1. The first-order valence-electron chi connectivity index (χ1n) is 9.46. The summed E-state index contributed by atoms with van der Waals surface area (Å²) in [7, 11) is 1.67. The van der Waals surface area contributed by atoms with E-state index in [9.17, 15) is 4.79 Å². The smallest absolute Gasteiger partial charge is 0.255 e. The first-order valence-corrected chi connectivity index (χ1v) is 9.46. The van der Waals surface area contributed by atoms with Crippen LogP contribution in [0.25, 0.3) is 10.9 Å². The predicted molar refractivity (Wildman–Crippen MR) is 107 cm³/mol. The minimum atomic E-state index is 0.0813. The van der Waals surface area contributed by atoms with Gasteiger partial charge < -0.3 is 9.64 Å². The van der Waals surface area contributed by atoms with Crippen LogP contribution < -0.4 is 4.74 Å². The van der Waals surface area contributed by atoms with E-state index in [1.54, 1.807) is 7.11 Å². The van der Waals surface area contributed by atoms with Gasteiger partial charge in [-0.15, -0.1) is 0 Å². The molecule has 0 bridgehead atoms. The average Bonchev–Trinajstić information content (AvgIpc) is 2.66. The van der Waals surface area contributed by atoms with Crippen LogP contribution in [-0.2, 0) is 6.42 Å². The van der Waals surface area contributed by atoms with Gasteiger partial charge in [0.1, 0.15) is 5.75 Å². The molecule has 2 heterocycles. The van der Waals surface area contributed by atoms with Crippen LogP contribution in [0.15, 0.2) is 48.5 Å². The number of nitrogens with zero attached hydrogens (tertiary/aromatic N) is 2. The van der Waals surface area contributed by atoms with Gasteiger partial charge in [-0.2, -0.15) is 0 Å². The second kappa shape index (κ2) is 7.03. The summed E-state index contributed by atoms with van der Waals surface area (Å²) in [6.45, 7) is 4.84. The van der Waals surface area contributed by atoms with E-state index in [0.717, 1.165) is 52.9 Å². The first kappa shape index (κ1) is 17.5. The molecule has 4 heteroatoms. The molecule has 0 N–H and O–H groups in total. The largest absolute Gasteiger partial charge is 0.497 e. The lowest BCUT2D eigenvalue weighted by molar-refractivity contribution is 0.0462. The number of rotatable bonds is 4. The highest BCUT2D eigenvalue weighted by Gasteiger charge is 2.34. The van der Waals surface area contributed by atoms with Crippen LogP contribution in [0, 0.1) is 6.92 Å². The maximum atomic E-state index is 13.4. The van der Waals surface area contributed by atoms with Gasteiger partial charge >= 0.3 is 0 Å². The molecule has 1 atom stereocenters. The van der Waals surface area contributed by atoms with E-state index in [1.807, 2.05) is 42.2 Å². The minimum absolute atomic E-state index is 0.0813. The second-order valence-corrected chi connectivity index (χ2v) is 7.10. The number of aromatic nitrogens is 1. The molecule has 1 amide bonds. The average molecular weight is 360 g/mol. The number of hydrogen-bond acceptors (Lipinski definition) is 3. The number of pyridine rings is 1. The van der Waals surface area contributed by atoms with Gasteiger partial charge in [0, 0.05) is 17.6 Å². The van der Waals surface area contributed by atoms with Gasteiger partial charge in [0.15, 0.2) is 0 Å². The summed E-state index contributed by atoms with van der Waals surface area (Å²) in [5.41, 5.74) is 4.84. The molecule has 138 valence electrons. The van der Waals surface area contributed by atoms with Crippen molar-refractivity contribution in [2.75, 3.05) is 13.7 Å². The van der Waals surface area contributed by atoms with E-state index in [4.69, 9.17) is 4.74 Å². The van der Waals surface area contributed by atoms with Gasteiger partial charge in [-0.3, -0.25) is 9.78 Å². The number of fused-ring (bicyclic) bond motifs is 1. The van der Waals surface area contributed by atoms with Crippen molar-refractivity contribution >= 4 is 16.8 Å². The molecule has 1 fully saturated rings. The Balaban J connectivity index is 1.72. The Bertz CT molecular complexity index is 1010. The quantitative estimate of drug-likeness (QED) is 0.677. The molecule has 1 saturated heterocycles. The van der Waals surface area contributed by atoms with Crippen LogP contribution in [0.1, 0.15) is 46.6 Å². The van der Waals surface area contributed by atoms with Crippen LogP contribution in [0.2, 0.25) is 0 Å². The van der Waals surface area contributed by atoms with Crippen LogP contribution in [0.3, 0.4) is 0 Å². The van der Waals surface area contributed by atoms with Crippen LogP contribution in [0.5, 0.6) is 5.75 Å². The van der Waals surface area contributed by atoms with Crippen LogP contribution in [-0.4, -0.2) is 29.4 Å². The van der Waals surface area contributed by atoms with E-state index in [0.29, 0.717) is 0 Å². The molecule has 27 heavy (non-hydrogen) atoms. The van der Waals surface area contributed by atoms with E-state index >= 15 is 0 Å². The third-order valence-corrected chi connectivity index (χ3v) is 5.40. The summed E-state index contributed by atoms with van der Waals surface area (Å²) < 4.78 is 5.34. The molecule has 3 aromatic rings. The molecular formula is C23H24N2O2. The minimum Gasteiger partial charge on any atom is -0.497 e. The number of benzene rings is 2. The van der Waals surface area contributed by atoms with Crippen molar-refractivity contribution in [2.45, 2.75) is 32.7 Å². The molecule has 0 saturated carbocycles. The van der Waals surface area contributed by atoms with Gasteiger partial charge in [0.2, 0.25) is 0 Å². The number of aryl methyl sites for hydroxylation is 2. The molecule has 1 aliphatic rings. The van der Waals surface area contributed by atoms with Crippen molar-refractivity contribution in [3.63, 3.8) is 0 Å². The molecule has 0 unspecified atom stereocenters. The van der Waals surface area contributed by atoms with Gasteiger partial charge in [-0.25, -0.2) is 0 Å². The highest BCUT2D eigenvalue weighted by molar-refractivity contribution is 6.06. The standard InChI is InChI=1S/C23H24N2O2/c1-4-16-8-9-21-19(13-16)20(12-15(2)24-21)23(26)25-11-10-22(25)17-6-5-7-18(14-17)27-3/h5-9,12-14,22H,4,10-11H2,1-3H3/t22-/m0/s1. The highest BCUT2D eigenvalue weighted by Crippen LogP contribution is 2.36. The van der Waals surface area contributed by atoms with E-state index in [1.165, 1.54) is 5.56 Å². The molecule has 2 aromatic carbocycles. The normalized spacial score (nSPS) is 16.3. The van der Waals surface area contributed by atoms with Crippen LogP contribution >= 0.6 is 0 Å². The summed E-state index contributed by atoms with van der Waals surface area (Å²) in [5.74, 6) is 0.905. The molecule has 1 aliphatic heterocycles. The summed E-state index contributed by atoms with van der Waals surface area (Å²) in [6.07, 6.45) is 1.91. The number of ether oxygens (including phenoxy) is 1. The van der Waals surface area contributed by atoms with Crippen molar-refractivity contribution in [2.24, 2.45) is 0 Å². The SMILES string of the molecule is CCc1ccc2nc(C)cc(C(=O)N3CC[C@H]3c3cccc(OC)c3)c2c1. The predicted octanol–water partition coefficient (Wildman–Crippen LogP) is 4.70. The van der Waals surface area contributed by atoms with Gasteiger partial charge in [0.25, 0.3) is 5.91 Å². The Kier molecular flexibility index (Phi) is 4.56. The van der Waals surface area contributed by atoms with Crippen molar-refractivity contribution in [1.82, 2.24) is 9.88 Å². The Morgan fingerprint density at radius 3 is 2.78 bits per heavy atom. The zero-order chi connectivity index (χ0) is 19.0. The van der Waals surface area contributed by atoms with E-state index < -0.39 is 0 Å². The summed E-state index contributed by atoms with van der Waals surface area (Å²) in [6, 6.07) is 16.2. The van der Waals surface area contributed by atoms with Crippen molar-refractivity contribution in [1.29, 1.82) is 0 Å². The Morgan fingerprint density at radius 2 is 2.07 bits per heavy atom. The third-order valence-electron chi connectivity index (χ3n) is 5.40. The van der Waals surface area contributed by atoms with Crippen molar-refractivity contribution < 1.29 is 9.53 Å². The summed E-state index contributed by atoms with van der Waals surface area (Å²) >= 11 is 0. The van der Waals surface area contributed by atoms with Gasteiger partial charge in [0.05, 0.1) is 24.2 Å². The maximum absolute atomic E-state index is 13.4. The van der Waals surface area contributed by atoms with E-state index in [2.05, 4.69) is 30.1 Å². The fourth-order valence-electron chi connectivity index (χ4n) is 3.78. The molecule has 4 rings (SSSR count). The molecular weight excluding hydrogens is 336 g/mol. The zero-order valence-electron chi connectivity index (χ0n) is 16.0. The number of methoxy groups -OCH3 is 1. The topological polar surface area (TPSA) is 42.4 Å². The Labute approximate surface area is 159 Å². The van der Waals surface area contributed by atoms with Crippen molar-refractivity contribution in [3.8, 4) is 5.75 Å². The fraction of sp³-hybridized carbons (Fsp3) is 0.304. The third kappa shape index (κ3) is 3.16. The van der Waals surface area contributed by atoms with Gasteiger partial charge in [-0.1, -0.05) is 25.1 Å². The lowest BCUT2D eigenvalue weighted by Crippen LogP contribution is -2.45. The van der Waals surface area contributed by atoms with Crippen LogP contribution in [0.4, 0.5) is 0 Å². The monoisotopic (exact) mass is 360 g/mol. The van der Waals surface area contributed by atoms with Crippen molar-refractivity contribution in [3.05, 3.63) is 70.9 Å². The molecule has 1 aromatic heterocycles. The molecule has 0 radical (unpaired) electrons. The summed E-state index contributed by atoms with van der Waals surface area (Å²) in [5, 5.41) is 0.946. The number of likely N-dealkylation sites (tertiary alicyclic amines) is 1. The number of amides is 1. The number of hydrogen-bond donors (Lipinski definition) is 0. The lowest BCUT2D eigenvalue weighted by atomic mass is 9.92. The maximum Gasteiger partial charge on any atom is 0.255 e. The molecule has 4 nitrogen and oxygen atoms in total. The summed E-state index contributed by atoms with van der Waals surface area (Å²) in [4.78, 5) is 20.0.